The zero-order valence-corrected chi connectivity index (χ0v) is 18.2. The number of carbonyl (C=O) groups excluding carboxylic acids is 1. The molecule has 1 saturated carbocycles. The maximum atomic E-state index is 13.1. The lowest BCUT2D eigenvalue weighted by Crippen LogP contribution is -2.38. The number of pyridine rings is 1. The highest BCUT2D eigenvalue weighted by molar-refractivity contribution is 7.89. The van der Waals surface area contributed by atoms with E-state index in [1.54, 1.807) is 28.6 Å². The van der Waals surface area contributed by atoms with E-state index in [1.807, 2.05) is 0 Å². The number of hydrogen-bond acceptors (Lipinski definition) is 4. The van der Waals surface area contributed by atoms with Crippen molar-refractivity contribution in [3.63, 3.8) is 0 Å². The molecular weight excluding hydrogens is 402 g/mol. The third-order valence-electron chi connectivity index (χ3n) is 6.36. The molecule has 30 heavy (non-hydrogen) atoms. The van der Waals surface area contributed by atoms with E-state index in [4.69, 9.17) is 0 Å². The molecule has 2 heterocycles. The van der Waals surface area contributed by atoms with Crippen molar-refractivity contribution in [3.05, 3.63) is 40.7 Å². The second-order valence-corrected chi connectivity index (χ2v) is 10.6. The van der Waals surface area contributed by atoms with Gasteiger partial charge in [-0.3, -0.25) is 14.2 Å². The molecule has 4 rings (SSSR count). The summed E-state index contributed by atoms with van der Waals surface area (Å²) >= 11 is 0. The molecule has 1 aliphatic carbocycles. The van der Waals surface area contributed by atoms with Crippen LogP contribution in [0.2, 0.25) is 0 Å². The summed E-state index contributed by atoms with van der Waals surface area (Å²) in [6.45, 7) is 3.13. The smallest absolute Gasteiger partial charge is 0.251 e. The van der Waals surface area contributed by atoms with Gasteiger partial charge in [0, 0.05) is 25.2 Å². The van der Waals surface area contributed by atoms with Crippen LogP contribution in [0.1, 0.15) is 45.4 Å². The summed E-state index contributed by atoms with van der Waals surface area (Å²) in [6.07, 6.45) is 5.92. The van der Waals surface area contributed by atoms with Gasteiger partial charge in [0.15, 0.2) is 0 Å². The molecule has 8 heteroatoms. The fourth-order valence-corrected chi connectivity index (χ4v) is 5.97. The zero-order chi connectivity index (χ0) is 21.3. The van der Waals surface area contributed by atoms with Crippen LogP contribution < -0.4 is 10.9 Å². The van der Waals surface area contributed by atoms with Crippen molar-refractivity contribution >= 4 is 26.8 Å². The van der Waals surface area contributed by atoms with E-state index < -0.39 is 10.0 Å². The van der Waals surface area contributed by atoms with Gasteiger partial charge >= 0.3 is 0 Å². The molecule has 2 aliphatic rings. The van der Waals surface area contributed by atoms with Crippen molar-refractivity contribution in [2.24, 2.45) is 5.92 Å². The number of nitrogens with one attached hydrogen (secondary N) is 1. The Kier molecular flexibility index (Phi) is 5.97. The molecule has 2 aromatic rings. The Morgan fingerprint density at radius 3 is 2.47 bits per heavy atom. The van der Waals surface area contributed by atoms with E-state index in [2.05, 4.69) is 12.2 Å². The van der Waals surface area contributed by atoms with Crippen LogP contribution in [0.3, 0.4) is 0 Å². The number of aromatic nitrogens is 1. The normalized spacial score (nSPS) is 19.4. The number of piperidine rings is 1. The first kappa shape index (κ1) is 21.1. The van der Waals surface area contributed by atoms with Gasteiger partial charge in [-0.25, -0.2) is 8.42 Å². The molecule has 1 aromatic heterocycles. The molecule has 2 fully saturated rings. The summed E-state index contributed by atoms with van der Waals surface area (Å²) in [5.74, 6) is 0.355. The molecular formula is C22H29N3O4S. The van der Waals surface area contributed by atoms with Crippen LogP contribution >= 0.6 is 0 Å². The Labute approximate surface area is 177 Å². The Hall–Kier alpha value is -2.19. The van der Waals surface area contributed by atoms with Crippen molar-refractivity contribution in [2.45, 2.75) is 62.9 Å². The molecule has 1 saturated heterocycles. The molecule has 162 valence electrons. The monoisotopic (exact) mass is 431 g/mol. The van der Waals surface area contributed by atoms with E-state index in [-0.39, 0.29) is 28.9 Å². The highest BCUT2D eigenvalue weighted by Gasteiger charge is 2.28. The summed E-state index contributed by atoms with van der Waals surface area (Å²) in [5.41, 5.74) is 0.292. The second kappa shape index (κ2) is 8.51. The van der Waals surface area contributed by atoms with Crippen LogP contribution in [0.4, 0.5) is 0 Å². The van der Waals surface area contributed by atoms with Crippen molar-refractivity contribution in [2.75, 3.05) is 13.1 Å². The lowest BCUT2D eigenvalue weighted by atomic mass is 10.0. The maximum absolute atomic E-state index is 13.1. The van der Waals surface area contributed by atoms with Gasteiger partial charge in [0.2, 0.25) is 15.9 Å². The average molecular weight is 432 g/mol. The van der Waals surface area contributed by atoms with Gasteiger partial charge in [0.25, 0.3) is 5.56 Å². The first-order valence-electron chi connectivity index (χ1n) is 10.8. The number of amides is 1. The van der Waals surface area contributed by atoms with Gasteiger partial charge in [-0.2, -0.15) is 4.31 Å². The maximum Gasteiger partial charge on any atom is 0.251 e. The Balaban J connectivity index is 1.60. The lowest BCUT2D eigenvalue weighted by molar-refractivity contribution is -0.122. The van der Waals surface area contributed by atoms with E-state index in [0.29, 0.717) is 29.9 Å². The quantitative estimate of drug-likeness (QED) is 0.788. The minimum Gasteiger partial charge on any atom is -0.352 e. The van der Waals surface area contributed by atoms with E-state index in [1.165, 1.54) is 10.6 Å². The minimum absolute atomic E-state index is 0.0667. The zero-order valence-electron chi connectivity index (χ0n) is 17.3. The van der Waals surface area contributed by atoms with Crippen molar-refractivity contribution < 1.29 is 13.2 Å². The van der Waals surface area contributed by atoms with Crippen molar-refractivity contribution in [1.29, 1.82) is 0 Å². The molecule has 1 aliphatic heterocycles. The van der Waals surface area contributed by atoms with E-state index in [9.17, 15) is 18.0 Å². The summed E-state index contributed by atoms with van der Waals surface area (Å²) in [4.78, 5) is 25.1. The van der Waals surface area contributed by atoms with Crippen molar-refractivity contribution in [3.8, 4) is 0 Å². The number of fused-ring (bicyclic) bond motifs is 1. The Bertz CT molecular complexity index is 1100. The predicted octanol–water partition coefficient (Wildman–Crippen LogP) is 2.48. The van der Waals surface area contributed by atoms with Crippen LogP contribution in [-0.2, 0) is 21.4 Å². The van der Waals surface area contributed by atoms with Crippen LogP contribution in [0, 0.1) is 5.92 Å². The van der Waals surface area contributed by atoms with Gasteiger partial charge in [0.1, 0.15) is 6.54 Å². The second-order valence-electron chi connectivity index (χ2n) is 8.61. The predicted molar refractivity (Wildman–Crippen MR) is 116 cm³/mol. The first-order valence-corrected chi connectivity index (χ1v) is 12.2. The summed E-state index contributed by atoms with van der Waals surface area (Å²) in [6, 6.07) is 7.99. The molecule has 1 amide bonds. The van der Waals surface area contributed by atoms with Gasteiger partial charge in [0.05, 0.1) is 10.4 Å². The molecule has 0 atom stereocenters. The lowest BCUT2D eigenvalue weighted by Gasteiger charge is -2.29. The fraction of sp³-hybridized carbons (Fsp3) is 0.545. The number of sulfonamides is 1. The van der Waals surface area contributed by atoms with Crippen LogP contribution in [0.15, 0.2) is 40.0 Å². The standard InChI is InChI=1S/C22H29N3O4S/c1-16-10-12-24(13-11-16)30(28,29)19-7-8-20-17(14-19)6-9-22(27)25(20)15-21(26)23-18-4-2-3-5-18/h6-9,14,16,18H,2-5,10-13,15H2,1H3,(H,23,26). The van der Waals surface area contributed by atoms with Gasteiger partial charge in [-0.05, 0) is 61.3 Å². The molecule has 1 aromatic carbocycles. The largest absolute Gasteiger partial charge is 0.352 e. The molecule has 7 nitrogen and oxygen atoms in total. The van der Waals surface area contributed by atoms with Crippen molar-refractivity contribution in [1.82, 2.24) is 14.2 Å². The number of rotatable bonds is 5. The molecule has 0 radical (unpaired) electrons. The topological polar surface area (TPSA) is 88.5 Å². The number of carbonyl (C=O) groups is 1. The highest BCUT2D eigenvalue weighted by atomic mass is 32.2. The van der Waals surface area contributed by atoms with Crippen LogP contribution in [-0.4, -0.2) is 42.3 Å². The molecule has 0 unspecified atom stereocenters. The average Bonchev–Trinajstić information content (AvgIpc) is 3.23. The minimum atomic E-state index is -3.57. The summed E-state index contributed by atoms with van der Waals surface area (Å²) in [5, 5.41) is 3.63. The van der Waals surface area contributed by atoms with Crippen LogP contribution in [0.25, 0.3) is 10.9 Å². The molecule has 1 N–H and O–H groups in total. The van der Waals surface area contributed by atoms with Gasteiger partial charge < -0.3 is 5.32 Å². The van der Waals surface area contributed by atoms with E-state index in [0.717, 1.165) is 38.5 Å². The highest BCUT2D eigenvalue weighted by Crippen LogP contribution is 2.25. The van der Waals surface area contributed by atoms with E-state index >= 15 is 0 Å². The number of nitrogens with zero attached hydrogens (tertiary/aromatic N) is 2. The number of hydrogen-bond donors (Lipinski definition) is 1. The third kappa shape index (κ3) is 4.30. The Morgan fingerprint density at radius 2 is 1.77 bits per heavy atom. The third-order valence-corrected chi connectivity index (χ3v) is 8.26. The van der Waals surface area contributed by atoms with Gasteiger partial charge in [-0.15, -0.1) is 0 Å². The van der Waals surface area contributed by atoms with Gasteiger partial charge in [-0.1, -0.05) is 19.8 Å². The summed E-state index contributed by atoms with van der Waals surface area (Å²) in [7, 11) is -3.57. The SMILES string of the molecule is CC1CCN(S(=O)(=O)c2ccc3c(ccc(=O)n3CC(=O)NC3CCCC3)c2)CC1. The van der Waals surface area contributed by atoms with Crippen LogP contribution in [0.5, 0.6) is 0 Å². The number of benzene rings is 1. The first-order chi connectivity index (χ1) is 14.3. The molecule has 0 bridgehead atoms. The Morgan fingerprint density at radius 1 is 1.07 bits per heavy atom. The fourth-order valence-electron chi connectivity index (χ4n) is 4.47. The molecule has 0 spiro atoms. The summed E-state index contributed by atoms with van der Waals surface area (Å²) < 4.78 is 29.1.